The van der Waals surface area contributed by atoms with Crippen molar-refractivity contribution in [1.82, 2.24) is 9.80 Å². The Labute approximate surface area is 307 Å². The lowest BCUT2D eigenvalue weighted by Crippen LogP contribution is -2.47. The number of hydrogen-bond acceptors (Lipinski definition) is 4. The molecule has 49 heavy (non-hydrogen) atoms. The Balaban J connectivity index is 2.04. The number of rotatable bonds is 36. The van der Waals surface area contributed by atoms with Gasteiger partial charge in [-0.15, -0.1) is 0 Å². The summed E-state index contributed by atoms with van der Waals surface area (Å²) in [7, 11) is 2.24. The minimum absolute atomic E-state index is 0.484. The topological polar surface area (TPSA) is 24.9 Å². The smallest absolute Gasteiger partial charge is 0.0528 e. The Kier molecular flexibility index (Phi) is 35.6. The molecule has 0 radical (unpaired) electrons. The van der Waals surface area contributed by atoms with Crippen molar-refractivity contribution in [2.75, 3.05) is 66.2 Å². The van der Waals surface area contributed by atoms with E-state index in [1.807, 2.05) is 0 Å². The van der Waals surface area contributed by atoms with Crippen molar-refractivity contribution < 1.29 is 9.47 Å². The number of allylic oxidation sites excluding steroid dienone is 8. The van der Waals surface area contributed by atoms with Crippen molar-refractivity contribution in [3.8, 4) is 0 Å². The van der Waals surface area contributed by atoms with Crippen LogP contribution in [0, 0.1) is 5.92 Å². The molecule has 1 rings (SSSR count). The Morgan fingerprint density at radius 2 is 0.816 bits per heavy atom. The predicted molar refractivity (Wildman–Crippen MR) is 218 cm³/mol. The Morgan fingerprint density at radius 3 is 1.22 bits per heavy atom. The average molecular weight is 685 g/mol. The summed E-state index contributed by atoms with van der Waals surface area (Å²) in [5.41, 5.74) is 0. The lowest BCUT2D eigenvalue weighted by molar-refractivity contribution is 0.0156. The van der Waals surface area contributed by atoms with Gasteiger partial charge in [-0.3, -0.25) is 0 Å². The molecule has 286 valence electrons. The molecule has 0 atom stereocenters. The number of likely N-dealkylation sites (N-methyl/N-ethyl adjacent to an activating group) is 1. The van der Waals surface area contributed by atoms with E-state index in [1.54, 1.807) is 0 Å². The van der Waals surface area contributed by atoms with Gasteiger partial charge >= 0.3 is 0 Å². The zero-order valence-corrected chi connectivity index (χ0v) is 33.2. The van der Waals surface area contributed by atoms with Gasteiger partial charge in [-0.2, -0.15) is 0 Å². The van der Waals surface area contributed by atoms with Crippen molar-refractivity contribution in [2.45, 2.75) is 168 Å². The van der Waals surface area contributed by atoms with Crippen LogP contribution in [0.1, 0.15) is 168 Å². The highest BCUT2D eigenvalue weighted by molar-refractivity contribution is 4.93. The third kappa shape index (κ3) is 33.7. The summed E-state index contributed by atoms with van der Waals surface area (Å²) in [6.45, 7) is 13.8. The summed E-state index contributed by atoms with van der Waals surface area (Å²) in [6.07, 6.45) is 49.8. The highest BCUT2D eigenvalue weighted by Gasteiger charge is 2.19. The minimum Gasteiger partial charge on any atom is -0.381 e. The molecule has 1 aliphatic rings. The van der Waals surface area contributed by atoms with Crippen molar-refractivity contribution in [3.05, 3.63) is 48.6 Å². The highest BCUT2D eigenvalue weighted by atomic mass is 16.5. The van der Waals surface area contributed by atoms with Gasteiger partial charge < -0.3 is 19.3 Å². The maximum Gasteiger partial charge on any atom is 0.0528 e. The van der Waals surface area contributed by atoms with E-state index in [9.17, 15) is 0 Å². The molecule has 1 aliphatic heterocycles. The third-order valence-electron chi connectivity index (χ3n) is 9.80. The Bertz CT molecular complexity index is 716. The van der Waals surface area contributed by atoms with Crippen LogP contribution in [0.2, 0.25) is 0 Å². The van der Waals surface area contributed by atoms with E-state index in [0.717, 1.165) is 45.8 Å². The molecule has 0 unspecified atom stereocenters. The fourth-order valence-electron chi connectivity index (χ4n) is 6.43. The van der Waals surface area contributed by atoms with Gasteiger partial charge in [0.15, 0.2) is 0 Å². The summed E-state index contributed by atoms with van der Waals surface area (Å²) >= 11 is 0. The van der Waals surface area contributed by atoms with Crippen molar-refractivity contribution in [3.63, 3.8) is 0 Å². The molecular formula is C45H84N2O2. The van der Waals surface area contributed by atoms with Crippen LogP contribution in [0.3, 0.4) is 0 Å². The zero-order chi connectivity index (χ0) is 35.1. The second kappa shape index (κ2) is 38.0. The predicted octanol–water partition coefficient (Wildman–Crippen LogP) is 12.5. The van der Waals surface area contributed by atoms with E-state index < -0.39 is 0 Å². The molecule has 1 fully saturated rings. The summed E-state index contributed by atoms with van der Waals surface area (Å²) < 4.78 is 12.5. The quantitative estimate of drug-likeness (QED) is 0.0484. The maximum atomic E-state index is 6.23. The van der Waals surface area contributed by atoms with Crippen LogP contribution in [-0.2, 0) is 9.47 Å². The fourth-order valence-corrected chi connectivity index (χ4v) is 6.43. The van der Waals surface area contributed by atoms with Gasteiger partial charge in [-0.05, 0) is 84.1 Å². The van der Waals surface area contributed by atoms with E-state index in [2.05, 4.69) is 79.3 Å². The lowest BCUT2D eigenvalue weighted by atomic mass is 10.1. The lowest BCUT2D eigenvalue weighted by Gasteiger charge is -2.34. The summed E-state index contributed by atoms with van der Waals surface area (Å²) in [5, 5.41) is 0. The second-order valence-corrected chi connectivity index (χ2v) is 14.8. The normalized spacial score (nSPS) is 15.1. The molecule has 0 aromatic rings. The number of ether oxygens (including phenoxy) is 2. The van der Waals surface area contributed by atoms with Crippen LogP contribution in [-0.4, -0.2) is 76.0 Å². The zero-order valence-electron chi connectivity index (χ0n) is 33.2. The molecule has 0 amide bonds. The molecular weight excluding hydrogens is 601 g/mol. The number of nitrogens with zero attached hydrogens (tertiary/aromatic N) is 2. The van der Waals surface area contributed by atoms with E-state index in [-0.39, 0.29) is 0 Å². The van der Waals surface area contributed by atoms with Crippen molar-refractivity contribution in [2.24, 2.45) is 5.92 Å². The summed E-state index contributed by atoms with van der Waals surface area (Å²) in [5.74, 6) is 0.484. The largest absolute Gasteiger partial charge is 0.381 e. The maximum absolute atomic E-state index is 6.23. The van der Waals surface area contributed by atoms with Crippen LogP contribution < -0.4 is 0 Å². The van der Waals surface area contributed by atoms with Crippen LogP contribution in [0.4, 0.5) is 0 Å². The van der Waals surface area contributed by atoms with E-state index in [1.165, 1.54) is 167 Å². The molecule has 0 bridgehead atoms. The van der Waals surface area contributed by atoms with E-state index >= 15 is 0 Å². The molecule has 0 saturated carbocycles. The van der Waals surface area contributed by atoms with Crippen molar-refractivity contribution >= 4 is 0 Å². The third-order valence-corrected chi connectivity index (χ3v) is 9.80. The molecule has 0 aromatic heterocycles. The van der Waals surface area contributed by atoms with E-state index in [0.29, 0.717) is 5.92 Å². The molecule has 0 N–H and O–H groups in total. The molecule has 0 aliphatic carbocycles. The van der Waals surface area contributed by atoms with Gasteiger partial charge in [0, 0.05) is 51.9 Å². The number of piperazine rings is 1. The first kappa shape index (κ1) is 45.8. The standard InChI is InChI=1S/C45H84N2O2/c1-4-6-8-10-12-14-16-18-20-22-24-26-28-30-32-34-40-48-43-45(42-47-38-36-46(3)37-39-47)44-49-41-35-33-31-29-27-25-23-21-19-17-15-13-11-9-7-5-2/h12-15,18-21,45H,4-11,16-17,22-44H2,1-3H3/b14-12-,15-13-,20-18-,21-19-. The molecule has 0 spiro atoms. The fraction of sp³-hybridized carbons (Fsp3) is 0.822. The summed E-state index contributed by atoms with van der Waals surface area (Å²) in [6, 6.07) is 0. The first-order chi connectivity index (χ1) is 24.3. The molecule has 4 nitrogen and oxygen atoms in total. The minimum atomic E-state index is 0.484. The summed E-state index contributed by atoms with van der Waals surface area (Å²) in [4.78, 5) is 5.06. The van der Waals surface area contributed by atoms with Crippen LogP contribution >= 0.6 is 0 Å². The van der Waals surface area contributed by atoms with Gasteiger partial charge in [-0.25, -0.2) is 0 Å². The molecule has 4 heteroatoms. The van der Waals surface area contributed by atoms with Crippen LogP contribution in [0.15, 0.2) is 48.6 Å². The molecule has 0 aromatic carbocycles. The molecule has 1 saturated heterocycles. The average Bonchev–Trinajstić information content (AvgIpc) is 3.11. The molecule has 1 heterocycles. The Morgan fingerprint density at radius 1 is 0.449 bits per heavy atom. The van der Waals surface area contributed by atoms with Crippen molar-refractivity contribution in [1.29, 1.82) is 0 Å². The SMILES string of the molecule is CCCCC/C=C\C/C=C\CCCCCCCCOCC(COCCCCCCCC/C=C\C/C=C\CCCCC)CN1CCN(C)CC1. The number of hydrogen-bond donors (Lipinski definition) is 0. The van der Waals surface area contributed by atoms with Crippen LogP contribution in [0.5, 0.6) is 0 Å². The second-order valence-electron chi connectivity index (χ2n) is 14.8. The van der Waals surface area contributed by atoms with Crippen LogP contribution in [0.25, 0.3) is 0 Å². The van der Waals surface area contributed by atoms with Gasteiger partial charge in [0.2, 0.25) is 0 Å². The van der Waals surface area contributed by atoms with E-state index in [4.69, 9.17) is 9.47 Å². The number of unbranched alkanes of at least 4 members (excludes halogenated alkanes) is 18. The Hall–Kier alpha value is -1.20. The first-order valence-corrected chi connectivity index (χ1v) is 21.4. The highest BCUT2D eigenvalue weighted by Crippen LogP contribution is 2.12. The van der Waals surface area contributed by atoms with Gasteiger partial charge in [-0.1, -0.05) is 140 Å². The monoisotopic (exact) mass is 685 g/mol. The van der Waals surface area contributed by atoms with Gasteiger partial charge in [0.1, 0.15) is 0 Å². The van der Waals surface area contributed by atoms with Gasteiger partial charge in [0.25, 0.3) is 0 Å². The first-order valence-electron chi connectivity index (χ1n) is 21.4. The van der Waals surface area contributed by atoms with Gasteiger partial charge in [0.05, 0.1) is 13.2 Å².